The first kappa shape index (κ1) is 17.1. The number of halogens is 2. The first-order valence-electron chi connectivity index (χ1n) is 6.13. The third-order valence-electron chi connectivity index (χ3n) is 3.57. The molecule has 0 saturated carbocycles. The van der Waals surface area contributed by atoms with E-state index in [1.165, 1.54) is 6.21 Å². The molecule has 0 aromatic heterocycles. The summed E-state index contributed by atoms with van der Waals surface area (Å²) in [6.07, 6.45) is 3.47. The minimum atomic E-state index is -3.47. The third kappa shape index (κ3) is 2.83. The van der Waals surface area contributed by atoms with E-state index in [0.717, 1.165) is 9.80 Å². The summed E-state index contributed by atoms with van der Waals surface area (Å²) in [5, 5.41) is 9.99. The van der Waals surface area contributed by atoms with Crippen molar-refractivity contribution < 1.29 is 35.6 Å². The fourth-order valence-electron chi connectivity index (χ4n) is 2.46. The molecule has 120 valence electrons. The minimum Gasteiger partial charge on any atom is -1.00 e. The van der Waals surface area contributed by atoms with Crippen molar-refractivity contribution in [1.29, 1.82) is 0 Å². The number of sulfone groups is 1. The molecular weight excluding hydrogens is 400 g/mol. The summed E-state index contributed by atoms with van der Waals surface area (Å²) in [6, 6.07) is 0. The molecule has 0 bridgehead atoms. The summed E-state index contributed by atoms with van der Waals surface area (Å²) in [7, 11) is -3.47. The van der Waals surface area contributed by atoms with Gasteiger partial charge >= 0.3 is 0 Å². The summed E-state index contributed by atoms with van der Waals surface area (Å²) >= 11 is 3.29. The summed E-state index contributed by atoms with van der Waals surface area (Å²) in [4.78, 5) is 21.0. The molecular formula is C11H11BrClN4O4S-. The lowest BCUT2D eigenvalue weighted by Crippen LogP contribution is -3.07. The summed E-state index contributed by atoms with van der Waals surface area (Å²) in [5.41, 5.74) is 0.939. The first-order valence-corrected chi connectivity index (χ1v) is 8.64. The van der Waals surface area contributed by atoms with Crippen molar-refractivity contribution in [2.24, 2.45) is 9.98 Å². The number of carbonyl (C=O) groups excluding carboxylic acids is 1. The number of nitrogens with zero attached hydrogens (tertiary/aromatic N) is 3. The number of carbonyl (C=O) groups is 1. The van der Waals surface area contributed by atoms with Gasteiger partial charge in [0.2, 0.25) is 0 Å². The molecule has 3 aliphatic heterocycles. The minimum absolute atomic E-state index is 0. The lowest BCUT2D eigenvalue weighted by Gasteiger charge is -2.33. The van der Waals surface area contributed by atoms with Crippen LogP contribution in [-0.2, 0) is 9.84 Å². The van der Waals surface area contributed by atoms with Gasteiger partial charge in [0.15, 0.2) is 15.5 Å². The van der Waals surface area contributed by atoms with Gasteiger partial charge in [-0.1, -0.05) is 0 Å². The standard InChI is InChI=1S/C11H11BrN4O4S.ClH/c12-10-14-9(7-5-13-1-2-16(7)10)8-6-15(11(17)18)3-4-21(8,19)20;/h1-2,5,8H,3-4,6H2,(H,17,18);1H/p-1. The zero-order valence-corrected chi connectivity index (χ0v) is 14.2. The Balaban J connectivity index is 0.00000176. The second kappa shape index (κ2) is 6.11. The van der Waals surface area contributed by atoms with E-state index >= 15 is 0 Å². The third-order valence-corrected chi connectivity index (χ3v) is 6.16. The average molecular weight is 411 g/mol. The number of fused-ring (bicyclic) bond motifs is 1. The maximum Gasteiger partial charge on any atom is 0.279 e. The molecule has 1 amide bonds. The van der Waals surface area contributed by atoms with Crippen LogP contribution < -0.4 is 22.4 Å². The Hall–Kier alpha value is -1.23. The molecule has 1 N–H and O–H groups in total. The summed E-state index contributed by atoms with van der Waals surface area (Å²) < 4.78 is 25.1. The van der Waals surface area contributed by atoms with Gasteiger partial charge in [-0.15, -0.1) is 0 Å². The number of rotatable bonds is 1. The van der Waals surface area contributed by atoms with Gasteiger partial charge in [0.05, 0.1) is 18.2 Å². The Bertz CT molecular complexity index is 730. The number of nitrogens with one attached hydrogen (secondary N) is 1. The number of hydrogen-bond acceptors (Lipinski definition) is 6. The Morgan fingerprint density at radius 1 is 1.50 bits per heavy atom. The molecule has 8 nitrogen and oxygen atoms in total. The van der Waals surface area contributed by atoms with Crippen LogP contribution in [0.1, 0.15) is 0 Å². The number of aliphatic imine (C=N–C) groups is 2. The smallest absolute Gasteiger partial charge is 0.279 e. The molecule has 22 heavy (non-hydrogen) atoms. The monoisotopic (exact) mass is 409 g/mol. The van der Waals surface area contributed by atoms with Gasteiger partial charge in [-0.25, -0.2) is 13.3 Å². The van der Waals surface area contributed by atoms with Crippen molar-refractivity contribution in [3.05, 3.63) is 23.8 Å². The van der Waals surface area contributed by atoms with Crippen LogP contribution in [0.15, 0.2) is 33.8 Å². The van der Waals surface area contributed by atoms with Crippen molar-refractivity contribution in [3.63, 3.8) is 0 Å². The molecule has 0 radical (unpaired) electrons. The van der Waals surface area contributed by atoms with E-state index in [0.29, 0.717) is 16.1 Å². The fraction of sp³-hybridized carbons (Fsp3) is 0.364. The number of amidine groups is 1. The van der Waals surface area contributed by atoms with Crippen LogP contribution in [-0.4, -0.2) is 54.5 Å². The normalized spacial score (nSPS) is 29.0. The maximum atomic E-state index is 12.3. The second-order valence-corrected chi connectivity index (χ2v) is 7.83. The van der Waals surface area contributed by atoms with E-state index < -0.39 is 21.2 Å². The lowest BCUT2D eigenvalue weighted by atomic mass is 10.2. The van der Waals surface area contributed by atoms with Crippen molar-refractivity contribution >= 4 is 42.8 Å². The second-order valence-electron chi connectivity index (χ2n) is 4.78. The fourth-order valence-corrected chi connectivity index (χ4v) is 4.68. The molecule has 0 spiro atoms. The van der Waals surface area contributed by atoms with E-state index in [1.54, 1.807) is 12.4 Å². The predicted molar refractivity (Wildman–Crippen MR) is 76.5 cm³/mol. The molecule has 3 heterocycles. The van der Waals surface area contributed by atoms with Crippen molar-refractivity contribution in [3.8, 4) is 0 Å². The van der Waals surface area contributed by atoms with Gasteiger partial charge < -0.3 is 27.2 Å². The van der Waals surface area contributed by atoms with E-state index in [9.17, 15) is 18.3 Å². The largest absolute Gasteiger partial charge is 1.00 e. The molecule has 0 aliphatic carbocycles. The number of amides is 1. The molecule has 0 aromatic carbocycles. The molecule has 2 unspecified atom stereocenters. The van der Waals surface area contributed by atoms with Crippen LogP contribution >= 0.6 is 15.9 Å². The predicted octanol–water partition coefficient (Wildman–Crippen LogP) is -5.15. The topological polar surface area (TPSA) is 107 Å². The quantitative estimate of drug-likeness (QED) is 0.436. The van der Waals surface area contributed by atoms with Crippen LogP contribution in [0.5, 0.6) is 0 Å². The van der Waals surface area contributed by atoms with Crippen LogP contribution in [0.2, 0.25) is 0 Å². The van der Waals surface area contributed by atoms with Crippen molar-refractivity contribution in [2.75, 3.05) is 18.8 Å². The zero-order chi connectivity index (χ0) is 15.2. The number of carboxylic acid groups (broad SMARTS) is 1. The van der Waals surface area contributed by atoms with Crippen LogP contribution in [0.25, 0.3) is 0 Å². The highest BCUT2D eigenvalue weighted by atomic mass is 79.9. The number of quaternary nitrogens is 1. The summed E-state index contributed by atoms with van der Waals surface area (Å²) in [5.74, 6) is -0.238. The molecule has 3 rings (SSSR count). The van der Waals surface area contributed by atoms with Gasteiger partial charge in [-0.05, 0) is 0 Å². The van der Waals surface area contributed by atoms with Crippen LogP contribution in [0.3, 0.4) is 0 Å². The van der Waals surface area contributed by atoms with Gasteiger partial charge in [-0.2, -0.15) is 4.99 Å². The molecule has 1 fully saturated rings. The molecule has 11 heteroatoms. The maximum absolute atomic E-state index is 12.3. The SMILES string of the molecule is O=C([O-])N1CCS(=O)(=O)C(C2=C3C=NC=C[NH+]3C(Br)=N2)C1.[Cl-]. The average Bonchev–Trinajstić information content (AvgIpc) is 2.76. The van der Waals surface area contributed by atoms with Crippen LogP contribution in [0.4, 0.5) is 4.79 Å². The Labute approximate surface area is 141 Å². The Morgan fingerprint density at radius 2 is 2.23 bits per heavy atom. The van der Waals surface area contributed by atoms with Crippen LogP contribution in [0, 0.1) is 0 Å². The first-order chi connectivity index (χ1) is 9.90. The Morgan fingerprint density at radius 3 is 2.91 bits per heavy atom. The lowest BCUT2D eigenvalue weighted by molar-refractivity contribution is -0.685. The summed E-state index contributed by atoms with van der Waals surface area (Å²) in [6.45, 7) is -0.239. The van der Waals surface area contributed by atoms with Gasteiger partial charge in [0.1, 0.15) is 23.2 Å². The highest BCUT2D eigenvalue weighted by molar-refractivity contribution is 9.18. The highest BCUT2D eigenvalue weighted by Crippen LogP contribution is 2.24. The van der Waals surface area contributed by atoms with E-state index in [-0.39, 0.29) is 31.2 Å². The highest BCUT2D eigenvalue weighted by Gasteiger charge is 2.43. The molecule has 1 saturated heterocycles. The van der Waals surface area contributed by atoms with Crippen molar-refractivity contribution in [1.82, 2.24) is 4.90 Å². The van der Waals surface area contributed by atoms with E-state index in [2.05, 4.69) is 25.9 Å². The Kier molecular flexibility index (Phi) is 4.76. The number of hydrogen-bond donors (Lipinski definition) is 1. The van der Waals surface area contributed by atoms with Gasteiger partial charge in [0, 0.05) is 29.0 Å². The van der Waals surface area contributed by atoms with Gasteiger partial charge in [0.25, 0.3) is 4.74 Å². The molecule has 2 atom stereocenters. The zero-order valence-electron chi connectivity index (χ0n) is 11.1. The molecule has 3 aliphatic rings. The van der Waals surface area contributed by atoms with Crippen molar-refractivity contribution in [2.45, 2.75) is 5.25 Å². The number of allylic oxidation sites excluding steroid dienone is 1. The van der Waals surface area contributed by atoms with Gasteiger partial charge in [-0.3, -0.25) is 4.99 Å². The van der Waals surface area contributed by atoms with E-state index in [1.807, 2.05) is 0 Å². The van der Waals surface area contributed by atoms with E-state index in [4.69, 9.17) is 0 Å². The molecule has 0 aromatic rings.